The second-order valence-electron chi connectivity index (χ2n) is 5.23. The van der Waals surface area contributed by atoms with Crippen LogP contribution in [0.2, 0.25) is 0 Å². The van der Waals surface area contributed by atoms with Gasteiger partial charge in [-0.05, 0) is 36.5 Å². The molecule has 21 heavy (non-hydrogen) atoms. The molecule has 120 valence electrons. The monoisotopic (exact) mass is 405 g/mol. The summed E-state index contributed by atoms with van der Waals surface area (Å²) in [6.45, 7) is 6.22. The standard InChI is InChI=1S/C16H27N3O.HI/c1-13(2)12-19-16(17-3)18-10-6-8-14-7-5-9-15(11-14)20-4;/h5,7,9,11,13H,6,8,10,12H2,1-4H3,(H2,17,18,19);1H. The summed E-state index contributed by atoms with van der Waals surface area (Å²) >= 11 is 0. The summed E-state index contributed by atoms with van der Waals surface area (Å²) in [6, 6.07) is 8.23. The van der Waals surface area contributed by atoms with Crippen LogP contribution in [-0.2, 0) is 6.42 Å². The predicted octanol–water partition coefficient (Wildman–Crippen LogP) is 3.07. The molecule has 0 aliphatic rings. The third-order valence-electron chi connectivity index (χ3n) is 2.97. The summed E-state index contributed by atoms with van der Waals surface area (Å²) in [4.78, 5) is 4.21. The number of hydrogen-bond donors (Lipinski definition) is 2. The van der Waals surface area contributed by atoms with Gasteiger partial charge in [-0.2, -0.15) is 0 Å². The van der Waals surface area contributed by atoms with Gasteiger partial charge in [0.1, 0.15) is 5.75 Å². The molecule has 0 spiro atoms. The molecule has 1 aromatic carbocycles. The lowest BCUT2D eigenvalue weighted by Gasteiger charge is -2.13. The van der Waals surface area contributed by atoms with Crippen molar-refractivity contribution in [1.29, 1.82) is 0 Å². The van der Waals surface area contributed by atoms with Crippen LogP contribution in [-0.4, -0.2) is 33.2 Å². The van der Waals surface area contributed by atoms with Crippen LogP contribution in [0.25, 0.3) is 0 Å². The summed E-state index contributed by atoms with van der Waals surface area (Å²) in [7, 11) is 3.50. The van der Waals surface area contributed by atoms with E-state index >= 15 is 0 Å². The van der Waals surface area contributed by atoms with Crippen LogP contribution in [0.15, 0.2) is 29.3 Å². The van der Waals surface area contributed by atoms with Crippen LogP contribution < -0.4 is 15.4 Å². The number of benzene rings is 1. The van der Waals surface area contributed by atoms with Gasteiger partial charge in [0.2, 0.25) is 0 Å². The number of rotatable bonds is 7. The summed E-state index contributed by atoms with van der Waals surface area (Å²) in [5, 5.41) is 6.64. The Hall–Kier alpha value is -0.980. The number of methoxy groups -OCH3 is 1. The molecule has 0 heterocycles. The highest BCUT2D eigenvalue weighted by Crippen LogP contribution is 2.13. The summed E-state index contributed by atoms with van der Waals surface area (Å²) in [6.07, 6.45) is 2.10. The normalized spacial score (nSPS) is 11.0. The largest absolute Gasteiger partial charge is 0.497 e. The number of ether oxygens (including phenoxy) is 1. The Labute approximate surface area is 145 Å². The highest BCUT2D eigenvalue weighted by molar-refractivity contribution is 14.0. The Morgan fingerprint density at radius 2 is 2.05 bits per heavy atom. The van der Waals surface area contributed by atoms with Crippen molar-refractivity contribution >= 4 is 29.9 Å². The molecule has 0 aliphatic carbocycles. The van der Waals surface area contributed by atoms with Crippen LogP contribution >= 0.6 is 24.0 Å². The highest BCUT2D eigenvalue weighted by atomic mass is 127. The molecule has 0 aromatic heterocycles. The quantitative estimate of drug-likeness (QED) is 0.317. The Morgan fingerprint density at radius 1 is 1.29 bits per heavy atom. The van der Waals surface area contributed by atoms with E-state index in [0.717, 1.165) is 37.6 Å². The Balaban J connectivity index is 0.00000400. The van der Waals surface area contributed by atoms with E-state index in [9.17, 15) is 0 Å². The fourth-order valence-electron chi connectivity index (χ4n) is 1.85. The zero-order valence-corrected chi connectivity index (χ0v) is 15.8. The van der Waals surface area contributed by atoms with Gasteiger partial charge in [-0.25, -0.2) is 0 Å². The molecule has 0 amide bonds. The molecule has 0 aliphatic heterocycles. The number of guanidine groups is 1. The minimum Gasteiger partial charge on any atom is -0.497 e. The second-order valence-corrected chi connectivity index (χ2v) is 5.23. The third-order valence-corrected chi connectivity index (χ3v) is 2.97. The molecule has 0 unspecified atom stereocenters. The fourth-order valence-corrected chi connectivity index (χ4v) is 1.85. The van der Waals surface area contributed by atoms with Crippen molar-refractivity contribution in [3.05, 3.63) is 29.8 Å². The zero-order valence-electron chi connectivity index (χ0n) is 13.5. The van der Waals surface area contributed by atoms with E-state index in [0.29, 0.717) is 5.92 Å². The van der Waals surface area contributed by atoms with Gasteiger partial charge in [-0.15, -0.1) is 24.0 Å². The molecule has 1 rings (SSSR count). The van der Waals surface area contributed by atoms with Crippen LogP contribution in [0.4, 0.5) is 0 Å². The van der Waals surface area contributed by atoms with E-state index in [2.05, 4.69) is 41.6 Å². The van der Waals surface area contributed by atoms with Gasteiger partial charge in [0.15, 0.2) is 5.96 Å². The van der Waals surface area contributed by atoms with E-state index in [-0.39, 0.29) is 24.0 Å². The van der Waals surface area contributed by atoms with E-state index in [4.69, 9.17) is 4.74 Å². The Bertz CT molecular complexity index is 422. The van der Waals surface area contributed by atoms with Crippen molar-refractivity contribution in [2.24, 2.45) is 10.9 Å². The van der Waals surface area contributed by atoms with E-state index in [1.807, 2.05) is 12.1 Å². The van der Waals surface area contributed by atoms with Crippen molar-refractivity contribution in [2.45, 2.75) is 26.7 Å². The van der Waals surface area contributed by atoms with Gasteiger partial charge in [0, 0.05) is 20.1 Å². The molecule has 0 saturated carbocycles. The molecule has 1 aromatic rings. The molecule has 0 radical (unpaired) electrons. The lowest BCUT2D eigenvalue weighted by atomic mass is 10.1. The Kier molecular flexibility index (Phi) is 11.1. The topological polar surface area (TPSA) is 45.7 Å². The first-order valence-electron chi connectivity index (χ1n) is 7.23. The lowest BCUT2D eigenvalue weighted by molar-refractivity contribution is 0.414. The molecule has 4 nitrogen and oxygen atoms in total. The second kappa shape index (κ2) is 11.7. The lowest BCUT2D eigenvalue weighted by Crippen LogP contribution is -2.39. The first kappa shape index (κ1) is 20.0. The highest BCUT2D eigenvalue weighted by Gasteiger charge is 2.00. The van der Waals surface area contributed by atoms with Gasteiger partial charge in [-0.3, -0.25) is 4.99 Å². The predicted molar refractivity (Wildman–Crippen MR) is 101 cm³/mol. The average molecular weight is 405 g/mol. The first-order chi connectivity index (χ1) is 9.65. The Morgan fingerprint density at radius 3 is 2.67 bits per heavy atom. The maximum Gasteiger partial charge on any atom is 0.190 e. The number of aliphatic imine (C=N–C) groups is 1. The van der Waals surface area contributed by atoms with Crippen LogP contribution in [0, 0.1) is 5.92 Å². The molecular formula is C16H28IN3O. The minimum absolute atomic E-state index is 0. The van der Waals surface area contributed by atoms with Crippen LogP contribution in [0.1, 0.15) is 25.8 Å². The molecule has 2 N–H and O–H groups in total. The summed E-state index contributed by atoms with van der Waals surface area (Å²) < 4.78 is 5.23. The first-order valence-corrected chi connectivity index (χ1v) is 7.23. The number of hydrogen-bond acceptors (Lipinski definition) is 2. The van der Waals surface area contributed by atoms with Gasteiger partial charge >= 0.3 is 0 Å². The molecule has 0 atom stereocenters. The third kappa shape index (κ3) is 8.80. The van der Waals surface area contributed by atoms with Crippen molar-refractivity contribution in [3.8, 4) is 5.75 Å². The van der Waals surface area contributed by atoms with Crippen molar-refractivity contribution in [2.75, 3.05) is 27.2 Å². The van der Waals surface area contributed by atoms with Gasteiger partial charge in [-0.1, -0.05) is 26.0 Å². The summed E-state index contributed by atoms with van der Waals surface area (Å²) in [5.74, 6) is 2.42. The molecular weight excluding hydrogens is 377 g/mol. The summed E-state index contributed by atoms with van der Waals surface area (Å²) in [5.41, 5.74) is 1.30. The van der Waals surface area contributed by atoms with Crippen LogP contribution in [0.3, 0.4) is 0 Å². The molecule has 0 bridgehead atoms. The van der Waals surface area contributed by atoms with Crippen molar-refractivity contribution in [1.82, 2.24) is 10.6 Å². The number of nitrogens with zero attached hydrogens (tertiary/aromatic N) is 1. The molecule has 5 heteroatoms. The number of aryl methyl sites for hydroxylation is 1. The fraction of sp³-hybridized carbons (Fsp3) is 0.562. The molecule has 0 saturated heterocycles. The van der Waals surface area contributed by atoms with Crippen molar-refractivity contribution < 1.29 is 4.74 Å². The maximum atomic E-state index is 5.23. The minimum atomic E-state index is 0. The van der Waals surface area contributed by atoms with Gasteiger partial charge in [0.05, 0.1) is 7.11 Å². The van der Waals surface area contributed by atoms with E-state index < -0.39 is 0 Å². The zero-order chi connectivity index (χ0) is 14.8. The van der Waals surface area contributed by atoms with E-state index in [1.54, 1.807) is 14.2 Å². The average Bonchev–Trinajstić information content (AvgIpc) is 2.46. The number of nitrogens with one attached hydrogen (secondary N) is 2. The smallest absolute Gasteiger partial charge is 0.190 e. The van der Waals surface area contributed by atoms with E-state index in [1.165, 1.54) is 5.56 Å². The molecule has 0 fully saturated rings. The maximum absolute atomic E-state index is 5.23. The number of halogens is 1. The SMILES string of the molecule is CN=C(NCCCc1cccc(OC)c1)NCC(C)C.I. The van der Waals surface area contributed by atoms with Crippen LogP contribution in [0.5, 0.6) is 5.75 Å². The van der Waals surface area contributed by atoms with Crippen molar-refractivity contribution in [3.63, 3.8) is 0 Å². The van der Waals surface area contributed by atoms with Gasteiger partial charge < -0.3 is 15.4 Å². The van der Waals surface area contributed by atoms with Gasteiger partial charge in [0.25, 0.3) is 0 Å².